The maximum atomic E-state index is 12.2. The molecule has 1 aromatic heterocycles. The lowest BCUT2D eigenvalue weighted by Crippen LogP contribution is -2.28. The van der Waals surface area contributed by atoms with Crippen molar-refractivity contribution in [1.29, 1.82) is 0 Å². The summed E-state index contributed by atoms with van der Waals surface area (Å²) in [4.78, 5) is 13.9. The molecular formula is C14H13N3O. The summed E-state index contributed by atoms with van der Waals surface area (Å²) in [5, 5.41) is 5.37. The highest BCUT2D eigenvalue weighted by atomic mass is 16.2. The fourth-order valence-corrected chi connectivity index (χ4v) is 2.30. The highest BCUT2D eigenvalue weighted by Crippen LogP contribution is 2.31. The number of rotatable bonds is 2. The maximum Gasteiger partial charge on any atom is 0.253 e. The SMILES string of the molecule is C=CCN1C(=O)C=C(C)n2ncc3cccc1c32. The molecule has 0 saturated heterocycles. The van der Waals surface area contributed by atoms with Gasteiger partial charge in [-0.15, -0.1) is 6.58 Å². The molecule has 4 nitrogen and oxygen atoms in total. The Labute approximate surface area is 105 Å². The number of aromatic nitrogens is 2. The minimum absolute atomic E-state index is 0.0367. The number of carbonyl (C=O) groups excluding carboxylic acids is 1. The lowest BCUT2D eigenvalue weighted by Gasteiger charge is -2.19. The van der Waals surface area contributed by atoms with Crippen LogP contribution in [0.1, 0.15) is 6.92 Å². The molecule has 0 fully saturated rings. The molecule has 0 bridgehead atoms. The van der Waals surface area contributed by atoms with Gasteiger partial charge in [0.2, 0.25) is 0 Å². The van der Waals surface area contributed by atoms with Crippen LogP contribution >= 0.6 is 0 Å². The van der Waals surface area contributed by atoms with Crippen molar-refractivity contribution in [2.75, 3.05) is 11.4 Å². The Kier molecular flexibility index (Phi) is 2.30. The van der Waals surface area contributed by atoms with Gasteiger partial charge in [0.1, 0.15) is 0 Å². The highest BCUT2D eigenvalue weighted by molar-refractivity contribution is 6.11. The van der Waals surface area contributed by atoms with Gasteiger partial charge in [0.05, 0.1) is 17.4 Å². The Hall–Kier alpha value is -2.36. The second-order valence-electron chi connectivity index (χ2n) is 4.29. The first kappa shape index (κ1) is 10.8. The summed E-state index contributed by atoms with van der Waals surface area (Å²) >= 11 is 0. The van der Waals surface area contributed by atoms with Crippen molar-refractivity contribution in [1.82, 2.24) is 9.78 Å². The van der Waals surface area contributed by atoms with Gasteiger partial charge in [-0.2, -0.15) is 5.10 Å². The Bertz CT molecular complexity index is 681. The average molecular weight is 239 g/mol. The number of nitrogens with zero attached hydrogens (tertiary/aromatic N) is 3. The lowest BCUT2D eigenvalue weighted by molar-refractivity contribution is -0.114. The van der Waals surface area contributed by atoms with Crippen LogP contribution < -0.4 is 4.90 Å². The van der Waals surface area contributed by atoms with E-state index in [1.807, 2.05) is 36.0 Å². The number of hydrogen-bond acceptors (Lipinski definition) is 2. The fraction of sp³-hybridized carbons (Fsp3) is 0.143. The van der Waals surface area contributed by atoms with E-state index in [0.717, 1.165) is 22.3 Å². The smallest absolute Gasteiger partial charge is 0.253 e. The van der Waals surface area contributed by atoms with Crippen LogP contribution in [0.3, 0.4) is 0 Å². The molecule has 4 heteroatoms. The van der Waals surface area contributed by atoms with Crippen LogP contribution in [-0.4, -0.2) is 22.2 Å². The van der Waals surface area contributed by atoms with Crippen molar-refractivity contribution in [3.8, 4) is 0 Å². The lowest BCUT2D eigenvalue weighted by atomic mass is 10.2. The minimum atomic E-state index is -0.0367. The summed E-state index contributed by atoms with van der Waals surface area (Å²) in [5.41, 5.74) is 2.68. The van der Waals surface area contributed by atoms with Crippen molar-refractivity contribution in [3.05, 3.63) is 43.1 Å². The molecule has 0 saturated carbocycles. The van der Waals surface area contributed by atoms with E-state index in [1.165, 1.54) is 0 Å². The molecule has 1 amide bonds. The standard InChI is InChI=1S/C14H13N3O/c1-3-7-16-12-6-4-5-11-9-15-17(14(11)12)10(2)8-13(16)18/h3-6,8-9H,1,7H2,2H3. The maximum absolute atomic E-state index is 12.2. The van der Waals surface area contributed by atoms with Crippen molar-refractivity contribution in [2.45, 2.75) is 6.92 Å². The molecule has 1 aliphatic rings. The molecule has 0 atom stereocenters. The van der Waals surface area contributed by atoms with Crippen LogP contribution in [0.15, 0.2) is 43.1 Å². The molecule has 1 aromatic carbocycles. The third-order valence-corrected chi connectivity index (χ3v) is 3.10. The Morgan fingerprint density at radius 1 is 1.44 bits per heavy atom. The van der Waals surface area contributed by atoms with E-state index in [1.54, 1.807) is 17.1 Å². The van der Waals surface area contributed by atoms with Crippen LogP contribution in [0.25, 0.3) is 16.6 Å². The second kappa shape index (κ2) is 3.84. The number of amides is 1. The number of carbonyl (C=O) groups is 1. The predicted molar refractivity (Wildman–Crippen MR) is 72.2 cm³/mol. The fourth-order valence-electron chi connectivity index (χ4n) is 2.30. The van der Waals surface area contributed by atoms with Gasteiger partial charge in [0.15, 0.2) is 0 Å². The topological polar surface area (TPSA) is 38.1 Å². The predicted octanol–water partition coefficient (Wildman–Crippen LogP) is 2.43. The average Bonchev–Trinajstić information content (AvgIpc) is 2.75. The third-order valence-electron chi connectivity index (χ3n) is 3.10. The molecule has 2 heterocycles. The summed E-state index contributed by atoms with van der Waals surface area (Å²) < 4.78 is 1.81. The van der Waals surface area contributed by atoms with Crippen LogP contribution in [0.5, 0.6) is 0 Å². The van der Waals surface area contributed by atoms with E-state index in [9.17, 15) is 4.79 Å². The zero-order valence-corrected chi connectivity index (χ0v) is 10.1. The van der Waals surface area contributed by atoms with Crippen LogP contribution in [0, 0.1) is 0 Å². The second-order valence-corrected chi connectivity index (χ2v) is 4.29. The van der Waals surface area contributed by atoms with Crippen LogP contribution in [0.2, 0.25) is 0 Å². The van der Waals surface area contributed by atoms with Crippen molar-refractivity contribution >= 4 is 28.2 Å². The molecule has 0 unspecified atom stereocenters. The Morgan fingerprint density at radius 3 is 3.06 bits per heavy atom. The van der Waals surface area contributed by atoms with Gasteiger partial charge < -0.3 is 4.90 Å². The monoisotopic (exact) mass is 239 g/mol. The van der Waals surface area contributed by atoms with Gasteiger partial charge >= 0.3 is 0 Å². The summed E-state index contributed by atoms with van der Waals surface area (Å²) in [6.07, 6.45) is 5.15. The van der Waals surface area contributed by atoms with Gasteiger partial charge in [-0.3, -0.25) is 4.79 Å². The van der Waals surface area contributed by atoms with E-state index < -0.39 is 0 Å². The minimum Gasteiger partial charge on any atom is -0.303 e. The number of anilines is 1. The van der Waals surface area contributed by atoms with Crippen molar-refractivity contribution in [3.63, 3.8) is 0 Å². The van der Waals surface area contributed by atoms with Gasteiger partial charge in [-0.25, -0.2) is 4.68 Å². The van der Waals surface area contributed by atoms with Crippen molar-refractivity contribution < 1.29 is 4.79 Å². The first-order valence-corrected chi connectivity index (χ1v) is 5.80. The molecule has 0 spiro atoms. The number of benzene rings is 1. The van der Waals surface area contributed by atoms with E-state index >= 15 is 0 Å². The molecular weight excluding hydrogens is 226 g/mol. The molecule has 90 valence electrons. The summed E-state index contributed by atoms with van der Waals surface area (Å²) in [7, 11) is 0. The summed E-state index contributed by atoms with van der Waals surface area (Å²) in [6, 6.07) is 5.87. The highest BCUT2D eigenvalue weighted by Gasteiger charge is 2.22. The molecule has 3 rings (SSSR count). The van der Waals surface area contributed by atoms with E-state index in [4.69, 9.17) is 0 Å². The van der Waals surface area contributed by atoms with Gasteiger partial charge in [-0.05, 0) is 13.0 Å². The molecule has 0 N–H and O–H groups in total. The van der Waals surface area contributed by atoms with Gasteiger partial charge in [-0.1, -0.05) is 18.2 Å². The zero-order valence-electron chi connectivity index (χ0n) is 10.1. The molecule has 1 aliphatic heterocycles. The molecule has 18 heavy (non-hydrogen) atoms. The Balaban J connectivity index is 2.37. The van der Waals surface area contributed by atoms with E-state index in [0.29, 0.717) is 6.54 Å². The summed E-state index contributed by atoms with van der Waals surface area (Å²) in [5.74, 6) is -0.0367. The summed E-state index contributed by atoms with van der Waals surface area (Å²) in [6.45, 7) is 6.09. The van der Waals surface area contributed by atoms with Crippen molar-refractivity contribution in [2.24, 2.45) is 0 Å². The van der Waals surface area contributed by atoms with E-state index in [-0.39, 0.29) is 5.91 Å². The molecule has 0 aliphatic carbocycles. The van der Waals surface area contributed by atoms with Gasteiger partial charge in [0.25, 0.3) is 5.91 Å². The molecule has 0 radical (unpaired) electrons. The number of allylic oxidation sites excluding steroid dienone is 1. The molecule has 2 aromatic rings. The zero-order chi connectivity index (χ0) is 12.7. The van der Waals surface area contributed by atoms with E-state index in [2.05, 4.69) is 11.7 Å². The first-order valence-electron chi connectivity index (χ1n) is 5.80. The number of para-hydroxylation sites is 1. The van der Waals surface area contributed by atoms with Crippen LogP contribution in [-0.2, 0) is 4.79 Å². The van der Waals surface area contributed by atoms with Gasteiger partial charge in [0, 0.05) is 23.7 Å². The largest absolute Gasteiger partial charge is 0.303 e. The van der Waals surface area contributed by atoms with Crippen LogP contribution in [0.4, 0.5) is 5.69 Å². The quantitative estimate of drug-likeness (QED) is 0.755. The normalized spacial score (nSPS) is 14.6. The third kappa shape index (κ3) is 1.39. The number of hydrogen-bond donors (Lipinski definition) is 0. The Morgan fingerprint density at radius 2 is 2.28 bits per heavy atom. The first-order chi connectivity index (χ1) is 8.72.